The van der Waals surface area contributed by atoms with Gasteiger partial charge in [0.25, 0.3) is 0 Å². The molecule has 2 rings (SSSR count). The second kappa shape index (κ2) is 3.01. The van der Waals surface area contributed by atoms with E-state index in [1.165, 1.54) is 12.8 Å². The summed E-state index contributed by atoms with van der Waals surface area (Å²) >= 11 is 0. The fourth-order valence-corrected chi connectivity index (χ4v) is 1.61. The van der Waals surface area contributed by atoms with Crippen LogP contribution in [0.3, 0.4) is 0 Å². The van der Waals surface area contributed by atoms with Gasteiger partial charge in [-0.25, -0.2) is 0 Å². The normalized spacial score (nSPS) is 16.8. The van der Waals surface area contributed by atoms with Gasteiger partial charge >= 0.3 is 0 Å². The van der Waals surface area contributed by atoms with Crippen molar-refractivity contribution in [2.75, 3.05) is 18.0 Å². The molecule has 64 valence electrons. The van der Waals surface area contributed by atoms with Crippen molar-refractivity contribution in [3.8, 4) is 0 Å². The van der Waals surface area contributed by atoms with Crippen molar-refractivity contribution in [2.24, 2.45) is 0 Å². The van der Waals surface area contributed by atoms with Crippen LogP contribution in [-0.4, -0.2) is 18.1 Å². The van der Waals surface area contributed by atoms with Gasteiger partial charge in [0, 0.05) is 31.5 Å². The Balaban J connectivity index is 2.32. The smallest absolute Gasteiger partial charge is 0.204 e. The van der Waals surface area contributed by atoms with Crippen molar-refractivity contribution in [1.82, 2.24) is 4.98 Å². The molecule has 1 aliphatic rings. The van der Waals surface area contributed by atoms with Gasteiger partial charge < -0.3 is 9.88 Å². The zero-order valence-corrected chi connectivity index (χ0v) is 6.92. The van der Waals surface area contributed by atoms with E-state index in [2.05, 4.69) is 9.88 Å². The monoisotopic (exact) mass is 164 g/mol. The van der Waals surface area contributed by atoms with E-state index in [-0.39, 0.29) is 5.43 Å². The number of aromatic nitrogens is 1. The number of rotatable bonds is 1. The summed E-state index contributed by atoms with van der Waals surface area (Å²) in [6.07, 6.45) is 5.86. The van der Waals surface area contributed by atoms with E-state index in [1.807, 2.05) is 0 Å². The number of hydrogen-bond donors (Lipinski definition) is 1. The number of H-pyrrole nitrogens is 1. The van der Waals surface area contributed by atoms with E-state index in [0.717, 1.165) is 18.8 Å². The largest absolute Gasteiger partial charge is 0.367 e. The van der Waals surface area contributed by atoms with Gasteiger partial charge in [0.15, 0.2) is 0 Å². The summed E-state index contributed by atoms with van der Waals surface area (Å²) < 4.78 is 0. The number of aromatic amines is 1. The molecule has 3 heteroatoms. The van der Waals surface area contributed by atoms with E-state index in [0.29, 0.717) is 0 Å². The molecule has 3 nitrogen and oxygen atoms in total. The maximum Gasteiger partial charge on any atom is 0.204 e. The molecule has 1 N–H and O–H groups in total. The minimum absolute atomic E-state index is 0.121. The summed E-state index contributed by atoms with van der Waals surface area (Å²) in [4.78, 5) is 16.4. The molecule has 0 spiro atoms. The first kappa shape index (κ1) is 7.40. The minimum Gasteiger partial charge on any atom is -0.367 e. The van der Waals surface area contributed by atoms with E-state index >= 15 is 0 Å². The van der Waals surface area contributed by atoms with E-state index in [4.69, 9.17) is 0 Å². The third-order valence-electron chi connectivity index (χ3n) is 2.25. The summed E-state index contributed by atoms with van der Waals surface area (Å²) in [6.45, 7) is 2.04. The third-order valence-corrected chi connectivity index (χ3v) is 2.25. The SMILES string of the molecule is O=c1cc[nH]cc1N1CCCC1. The first-order valence-corrected chi connectivity index (χ1v) is 4.30. The molecule has 1 fully saturated rings. The van der Waals surface area contributed by atoms with E-state index < -0.39 is 0 Å². The lowest BCUT2D eigenvalue weighted by Crippen LogP contribution is -2.23. The van der Waals surface area contributed by atoms with Crippen LogP contribution in [0.4, 0.5) is 5.69 Å². The van der Waals surface area contributed by atoms with E-state index in [1.54, 1.807) is 18.5 Å². The van der Waals surface area contributed by atoms with Gasteiger partial charge in [0.05, 0.1) is 0 Å². The predicted octanol–water partition coefficient (Wildman–Crippen LogP) is 0.975. The van der Waals surface area contributed by atoms with Gasteiger partial charge in [-0.05, 0) is 12.8 Å². The lowest BCUT2D eigenvalue weighted by Gasteiger charge is -2.15. The third kappa shape index (κ3) is 1.22. The molecular weight excluding hydrogens is 152 g/mol. The topological polar surface area (TPSA) is 36.1 Å². The van der Waals surface area contributed by atoms with E-state index in [9.17, 15) is 4.79 Å². The Morgan fingerprint density at radius 2 is 2.08 bits per heavy atom. The van der Waals surface area contributed by atoms with Gasteiger partial charge in [-0.3, -0.25) is 4.79 Å². The highest BCUT2D eigenvalue weighted by molar-refractivity contribution is 5.44. The summed E-state index contributed by atoms with van der Waals surface area (Å²) in [5, 5.41) is 0. The quantitative estimate of drug-likeness (QED) is 0.671. The number of hydrogen-bond acceptors (Lipinski definition) is 2. The molecule has 12 heavy (non-hydrogen) atoms. The Morgan fingerprint density at radius 1 is 1.33 bits per heavy atom. The maximum atomic E-state index is 11.3. The first-order valence-electron chi connectivity index (χ1n) is 4.30. The van der Waals surface area contributed by atoms with Crippen LogP contribution in [0.2, 0.25) is 0 Å². The Labute approximate surface area is 71.0 Å². The average Bonchev–Trinajstić information content (AvgIpc) is 2.57. The van der Waals surface area contributed by atoms with Crippen molar-refractivity contribution in [3.05, 3.63) is 28.7 Å². The lowest BCUT2D eigenvalue weighted by molar-refractivity contribution is 0.949. The number of pyridine rings is 1. The van der Waals surface area contributed by atoms with Crippen LogP contribution >= 0.6 is 0 Å². The fraction of sp³-hybridized carbons (Fsp3) is 0.444. The average molecular weight is 164 g/mol. The summed E-state index contributed by atoms with van der Waals surface area (Å²) in [7, 11) is 0. The summed E-state index contributed by atoms with van der Waals surface area (Å²) in [5.74, 6) is 0. The molecule has 0 bridgehead atoms. The van der Waals surface area contributed by atoms with Gasteiger partial charge in [-0.15, -0.1) is 0 Å². The fourth-order valence-electron chi connectivity index (χ4n) is 1.61. The highest BCUT2D eigenvalue weighted by Gasteiger charge is 2.13. The van der Waals surface area contributed by atoms with Gasteiger partial charge in [-0.1, -0.05) is 0 Å². The van der Waals surface area contributed by atoms with Gasteiger partial charge in [-0.2, -0.15) is 0 Å². The molecule has 0 aromatic carbocycles. The second-order valence-electron chi connectivity index (χ2n) is 3.09. The molecule has 0 saturated carbocycles. The van der Waals surface area contributed by atoms with Crippen LogP contribution in [0.1, 0.15) is 12.8 Å². The van der Waals surface area contributed by atoms with Crippen LogP contribution in [0.15, 0.2) is 23.3 Å². The van der Waals surface area contributed by atoms with Crippen molar-refractivity contribution < 1.29 is 0 Å². The Hall–Kier alpha value is -1.25. The number of nitrogens with zero attached hydrogens (tertiary/aromatic N) is 1. The van der Waals surface area contributed by atoms with Crippen molar-refractivity contribution >= 4 is 5.69 Å². The van der Waals surface area contributed by atoms with Crippen molar-refractivity contribution in [3.63, 3.8) is 0 Å². The van der Waals surface area contributed by atoms with Crippen LogP contribution < -0.4 is 10.3 Å². The highest BCUT2D eigenvalue weighted by atomic mass is 16.1. The Kier molecular flexibility index (Phi) is 1.86. The Morgan fingerprint density at radius 3 is 2.75 bits per heavy atom. The molecule has 0 amide bonds. The first-order chi connectivity index (χ1) is 5.88. The predicted molar refractivity (Wildman–Crippen MR) is 48.5 cm³/mol. The zero-order chi connectivity index (χ0) is 8.39. The molecule has 2 heterocycles. The molecule has 1 aromatic rings. The van der Waals surface area contributed by atoms with Gasteiger partial charge in [0.1, 0.15) is 5.69 Å². The summed E-state index contributed by atoms with van der Waals surface area (Å²) in [5.41, 5.74) is 0.936. The molecule has 0 aliphatic carbocycles. The standard InChI is InChI=1S/C9H12N2O/c12-9-3-4-10-7-8(9)11-5-1-2-6-11/h3-4,7H,1-2,5-6H2,(H,10,12). The second-order valence-corrected chi connectivity index (χ2v) is 3.09. The van der Waals surface area contributed by atoms with Crippen LogP contribution in [0, 0.1) is 0 Å². The number of anilines is 1. The van der Waals surface area contributed by atoms with Crippen LogP contribution in [-0.2, 0) is 0 Å². The summed E-state index contributed by atoms with van der Waals surface area (Å²) in [6, 6.07) is 1.58. The van der Waals surface area contributed by atoms with Crippen LogP contribution in [0.25, 0.3) is 0 Å². The molecular formula is C9H12N2O. The molecule has 1 saturated heterocycles. The molecule has 1 aromatic heterocycles. The maximum absolute atomic E-state index is 11.3. The zero-order valence-electron chi connectivity index (χ0n) is 6.92. The van der Waals surface area contributed by atoms with Crippen molar-refractivity contribution in [2.45, 2.75) is 12.8 Å². The Bertz CT molecular complexity index is 312. The molecule has 0 radical (unpaired) electrons. The molecule has 0 unspecified atom stereocenters. The number of nitrogens with one attached hydrogen (secondary N) is 1. The molecule has 1 aliphatic heterocycles. The van der Waals surface area contributed by atoms with Gasteiger partial charge in [0.2, 0.25) is 5.43 Å². The molecule has 0 atom stereocenters. The van der Waals surface area contributed by atoms with Crippen LogP contribution in [0.5, 0.6) is 0 Å². The highest BCUT2D eigenvalue weighted by Crippen LogP contribution is 2.14. The minimum atomic E-state index is 0.121. The van der Waals surface area contributed by atoms with Crippen molar-refractivity contribution in [1.29, 1.82) is 0 Å². The lowest BCUT2D eigenvalue weighted by atomic mass is 10.4.